The first-order chi connectivity index (χ1) is 14.8. The first-order valence-corrected chi connectivity index (χ1v) is 11.1. The summed E-state index contributed by atoms with van der Waals surface area (Å²) in [7, 11) is 0. The fourth-order valence-corrected chi connectivity index (χ4v) is 4.45. The molecule has 1 heterocycles. The number of pyridine rings is 1. The number of fused-ring (bicyclic) bond motifs is 1. The molecule has 0 saturated carbocycles. The average molecular weight is 494 g/mol. The maximum absolute atomic E-state index is 12.0. The minimum atomic E-state index is -0.186. The van der Waals surface area contributed by atoms with Gasteiger partial charge in [0, 0.05) is 28.2 Å². The van der Waals surface area contributed by atoms with Gasteiger partial charge in [-0.25, -0.2) is 0 Å². The highest BCUT2D eigenvalue weighted by molar-refractivity contribution is 8.00. The van der Waals surface area contributed by atoms with Crippen molar-refractivity contribution in [3.05, 3.63) is 96.6 Å². The maximum Gasteiger partial charge on any atom is 0.316 e. The second-order valence-corrected chi connectivity index (χ2v) is 7.96. The van der Waals surface area contributed by atoms with E-state index in [9.17, 15) is 4.79 Å². The monoisotopic (exact) mass is 493 g/mol. The molecule has 0 fully saturated rings. The van der Waals surface area contributed by atoms with Gasteiger partial charge >= 0.3 is 5.97 Å². The number of ether oxygens (including phenoxy) is 1. The van der Waals surface area contributed by atoms with E-state index in [1.807, 2.05) is 25.1 Å². The third-order valence-corrected chi connectivity index (χ3v) is 5.95. The minimum absolute atomic E-state index is 0. The summed E-state index contributed by atoms with van der Waals surface area (Å²) in [6.07, 6.45) is 0. The van der Waals surface area contributed by atoms with Gasteiger partial charge in [0.1, 0.15) is 0 Å². The Bertz CT molecular complexity index is 1150. The van der Waals surface area contributed by atoms with E-state index in [0.29, 0.717) is 12.4 Å². The molecule has 1 aromatic heterocycles. The molecule has 0 bridgehead atoms. The fourth-order valence-electron chi connectivity index (χ4n) is 3.57. The van der Waals surface area contributed by atoms with Gasteiger partial charge in [0.15, 0.2) is 6.54 Å². The van der Waals surface area contributed by atoms with Crippen LogP contribution in [0.1, 0.15) is 12.5 Å². The van der Waals surface area contributed by atoms with Gasteiger partial charge in [0.2, 0.25) is 11.2 Å². The van der Waals surface area contributed by atoms with Crippen LogP contribution < -0.4 is 21.5 Å². The van der Waals surface area contributed by atoms with Crippen LogP contribution in [0.5, 0.6) is 0 Å². The third kappa shape index (κ3) is 5.54. The van der Waals surface area contributed by atoms with Crippen molar-refractivity contribution in [3.63, 3.8) is 0 Å². The summed E-state index contributed by atoms with van der Waals surface area (Å²) in [6, 6.07) is 31.5. The van der Waals surface area contributed by atoms with Crippen molar-refractivity contribution in [3.8, 4) is 11.3 Å². The van der Waals surface area contributed by atoms with Crippen molar-refractivity contribution in [1.29, 1.82) is 0 Å². The van der Waals surface area contributed by atoms with Crippen molar-refractivity contribution in [2.24, 2.45) is 0 Å². The molecule has 4 aromatic rings. The number of hydrogen-bond donors (Lipinski definition) is 0. The number of halogens is 1. The molecule has 0 amide bonds. The number of aromatic nitrogens is 1. The van der Waals surface area contributed by atoms with Gasteiger partial charge in [-0.15, -0.1) is 11.8 Å². The molecule has 0 radical (unpaired) electrons. The number of hydrogen-bond acceptors (Lipinski definition) is 3. The topological polar surface area (TPSA) is 30.2 Å². The van der Waals surface area contributed by atoms with E-state index in [4.69, 9.17) is 4.74 Å². The second kappa shape index (κ2) is 11.1. The quantitative estimate of drug-likeness (QED) is 0.225. The summed E-state index contributed by atoms with van der Waals surface area (Å²) >= 11 is 1.53. The molecule has 0 N–H and O–H groups in total. The van der Waals surface area contributed by atoms with Crippen molar-refractivity contribution >= 4 is 28.6 Å². The molecule has 0 atom stereocenters. The molecule has 0 saturated heterocycles. The van der Waals surface area contributed by atoms with Crippen LogP contribution in [0.3, 0.4) is 0 Å². The molecule has 3 nitrogen and oxygen atoms in total. The highest BCUT2D eigenvalue weighted by atomic mass is 79.9. The highest BCUT2D eigenvalue weighted by Gasteiger charge is 2.22. The zero-order chi connectivity index (χ0) is 20.8. The lowest BCUT2D eigenvalue weighted by atomic mass is 10.1. The van der Waals surface area contributed by atoms with Crippen molar-refractivity contribution in [2.75, 3.05) is 12.4 Å². The summed E-state index contributed by atoms with van der Waals surface area (Å²) in [5, 5.41) is 1.14. The first kappa shape index (κ1) is 23.0. The summed E-state index contributed by atoms with van der Waals surface area (Å²) in [5.41, 5.74) is 4.67. The van der Waals surface area contributed by atoms with Crippen LogP contribution in [-0.4, -0.2) is 18.3 Å². The molecular formula is C26H24BrNO2S. The molecule has 158 valence electrons. The van der Waals surface area contributed by atoms with Gasteiger partial charge in [0.25, 0.3) is 0 Å². The van der Waals surface area contributed by atoms with Gasteiger partial charge in [0.05, 0.1) is 17.7 Å². The van der Waals surface area contributed by atoms with Crippen molar-refractivity contribution < 1.29 is 31.1 Å². The molecule has 0 aliphatic carbocycles. The van der Waals surface area contributed by atoms with Gasteiger partial charge in [-0.3, -0.25) is 4.79 Å². The summed E-state index contributed by atoms with van der Waals surface area (Å²) < 4.78 is 7.48. The van der Waals surface area contributed by atoms with Crippen LogP contribution in [0, 0.1) is 0 Å². The SMILES string of the molecule is CCOC(=O)CSc1cc(-c2ccccc2)[n+](Cc2ccccc2)c2ccccc12.[Br-]. The molecule has 0 spiro atoms. The number of thioether (sulfide) groups is 1. The third-order valence-electron chi connectivity index (χ3n) is 4.92. The smallest absolute Gasteiger partial charge is 0.316 e. The van der Waals surface area contributed by atoms with Crippen LogP contribution >= 0.6 is 11.8 Å². The number of carbonyl (C=O) groups excluding carboxylic acids is 1. The Morgan fingerprint density at radius 1 is 0.903 bits per heavy atom. The van der Waals surface area contributed by atoms with Crippen LogP contribution in [0.2, 0.25) is 0 Å². The Labute approximate surface area is 197 Å². The number of para-hydroxylation sites is 1. The molecule has 0 aliphatic heterocycles. The summed E-state index contributed by atoms with van der Waals surface area (Å²) in [4.78, 5) is 13.1. The van der Waals surface area contributed by atoms with E-state index in [0.717, 1.165) is 33.6 Å². The number of carbonyl (C=O) groups is 1. The van der Waals surface area contributed by atoms with E-state index in [2.05, 4.69) is 77.4 Å². The zero-order valence-corrected chi connectivity index (χ0v) is 19.7. The Kier molecular flexibility index (Phi) is 8.27. The highest BCUT2D eigenvalue weighted by Crippen LogP contribution is 2.31. The number of rotatable bonds is 7. The van der Waals surface area contributed by atoms with E-state index in [1.165, 1.54) is 17.3 Å². The van der Waals surface area contributed by atoms with E-state index >= 15 is 0 Å². The number of esters is 1. The van der Waals surface area contributed by atoms with E-state index < -0.39 is 0 Å². The largest absolute Gasteiger partial charge is 1.00 e. The van der Waals surface area contributed by atoms with Crippen LogP contribution in [-0.2, 0) is 16.1 Å². The average Bonchev–Trinajstić information content (AvgIpc) is 2.80. The molecule has 4 rings (SSSR count). The Morgan fingerprint density at radius 2 is 1.55 bits per heavy atom. The predicted octanol–water partition coefficient (Wildman–Crippen LogP) is 2.50. The molecular weight excluding hydrogens is 470 g/mol. The molecule has 31 heavy (non-hydrogen) atoms. The molecule has 0 aliphatic rings. The molecule has 0 unspecified atom stereocenters. The lowest BCUT2D eigenvalue weighted by Crippen LogP contribution is -3.00. The second-order valence-electron chi connectivity index (χ2n) is 6.94. The fraction of sp³-hybridized carbons (Fsp3) is 0.154. The Morgan fingerprint density at radius 3 is 2.26 bits per heavy atom. The van der Waals surface area contributed by atoms with Crippen molar-refractivity contribution in [2.45, 2.75) is 18.4 Å². The lowest BCUT2D eigenvalue weighted by molar-refractivity contribution is -0.651. The number of benzene rings is 3. The maximum atomic E-state index is 12.0. The zero-order valence-electron chi connectivity index (χ0n) is 17.3. The summed E-state index contributed by atoms with van der Waals surface area (Å²) in [6.45, 7) is 3.01. The van der Waals surface area contributed by atoms with Gasteiger partial charge < -0.3 is 21.7 Å². The van der Waals surface area contributed by atoms with E-state index in [-0.39, 0.29) is 23.0 Å². The minimum Gasteiger partial charge on any atom is -1.00 e. The van der Waals surface area contributed by atoms with Gasteiger partial charge in [-0.1, -0.05) is 60.7 Å². The van der Waals surface area contributed by atoms with E-state index in [1.54, 1.807) is 0 Å². The van der Waals surface area contributed by atoms with Crippen LogP contribution in [0.15, 0.2) is 95.9 Å². The van der Waals surface area contributed by atoms with Crippen LogP contribution in [0.25, 0.3) is 22.2 Å². The van der Waals surface area contributed by atoms with Crippen LogP contribution in [0.4, 0.5) is 0 Å². The molecule has 3 aromatic carbocycles. The lowest BCUT2D eigenvalue weighted by Gasteiger charge is -2.12. The predicted molar refractivity (Wildman–Crippen MR) is 122 cm³/mol. The summed E-state index contributed by atoms with van der Waals surface area (Å²) in [5.74, 6) is 0.114. The Balaban J connectivity index is 0.00000272. The number of nitrogens with zero attached hydrogens (tertiary/aromatic N) is 1. The first-order valence-electron chi connectivity index (χ1n) is 10.1. The van der Waals surface area contributed by atoms with Gasteiger partial charge in [-0.2, -0.15) is 4.57 Å². The molecule has 5 heteroatoms. The standard InChI is InChI=1S/C26H24NO2S.BrH/c1-2-29-26(28)19-30-25-17-24(21-13-7-4-8-14-21)27(18-20-11-5-3-6-12-20)23-16-10-9-15-22(23)25;/h3-17H,2,18-19H2,1H3;1H/q+1;/p-1. The van der Waals surface area contributed by atoms with Gasteiger partial charge in [-0.05, 0) is 25.1 Å². The normalized spacial score (nSPS) is 10.5. The van der Waals surface area contributed by atoms with Crippen molar-refractivity contribution in [1.82, 2.24) is 0 Å². The Hall–Kier alpha value is -2.63.